The molecule has 2 aromatic carbocycles. The van der Waals surface area contributed by atoms with Gasteiger partial charge in [0.1, 0.15) is 6.61 Å². The van der Waals surface area contributed by atoms with Gasteiger partial charge in [-0.1, -0.05) is 54.6 Å². The lowest BCUT2D eigenvalue weighted by atomic mass is 10.1. The maximum Gasteiger partial charge on any atom is 0.242 e. The zero-order valence-electron chi connectivity index (χ0n) is 16.6. The number of aromatic nitrogens is 4. The molecule has 0 aliphatic carbocycles. The van der Waals surface area contributed by atoms with Gasteiger partial charge in [-0.15, -0.1) is 5.10 Å². The number of nitrogens with zero attached hydrogens (tertiary/aromatic N) is 4. The van der Waals surface area contributed by atoms with E-state index < -0.39 is 0 Å². The van der Waals surface area contributed by atoms with Crippen molar-refractivity contribution in [2.24, 2.45) is 7.05 Å². The molecule has 5 aromatic rings. The second-order valence-corrected chi connectivity index (χ2v) is 7.11. The highest BCUT2D eigenvalue weighted by Crippen LogP contribution is 2.28. The predicted molar refractivity (Wildman–Crippen MR) is 118 cm³/mol. The van der Waals surface area contributed by atoms with Gasteiger partial charge in [0.2, 0.25) is 5.88 Å². The van der Waals surface area contributed by atoms with E-state index in [0.29, 0.717) is 12.5 Å². The Morgan fingerprint density at radius 1 is 0.833 bits per heavy atom. The van der Waals surface area contributed by atoms with Crippen LogP contribution in [0, 0.1) is 0 Å². The van der Waals surface area contributed by atoms with Gasteiger partial charge in [0.05, 0.1) is 22.5 Å². The quantitative estimate of drug-likeness (QED) is 0.408. The van der Waals surface area contributed by atoms with Crippen molar-refractivity contribution in [2.45, 2.75) is 6.61 Å². The summed E-state index contributed by atoms with van der Waals surface area (Å²) >= 11 is 0. The maximum absolute atomic E-state index is 6.01. The van der Waals surface area contributed by atoms with E-state index in [-0.39, 0.29) is 0 Å². The third-order valence-corrected chi connectivity index (χ3v) is 4.96. The molecule has 30 heavy (non-hydrogen) atoms. The molecule has 0 unspecified atom stereocenters. The third-order valence-electron chi connectivity index (χ3n) is 4.96. The molecule has 5 rings (SSSR count). The summed E-state index contributed by atoms with van der Waals surface area (Å²) in [7, 11) is 1.88. The van der Waals surface area contributed by atoms with Gasteiger partial charge in [0.15, 0.2) is 0 Å². The number of hydrogen-bond donors (Lipinski definition) is 0. The van der Waals surface area contributed by atoms with Crippen LogP contribution in [0.1, 0.15) is 5.56 Å². The number of benzene rings is 2. The van der Waals surface area contributed by atoms with Gasteiger partial charge in [0.25, 0.3) is 0 Å². The fourth-order valence-electron chi connectivity index (χ4n) is 3.42. The van der Waals surface area contributed by atoms with Crippen LogP contribution in [-0.2, 0) is 13.7 Å². The summed E-state index contributed by atoms with van der Waals surface area (Å²) in [6.45, 7) is 0.433. The standard InChI is InChI=1S/C25H20N4O/c1-29-16-21(24-8-4-5-15-26-24)25(28-29)30-17-18-9-11-20(12-10-18)23-14-13-19-6-2-3-7-22(19)27-23/h2-16H,17H2,1H3. The minimum absolute atomic E-state index is 0.433. The Morgan fingerprint density at radius 2 is 1.67 bits per heavy atom. The SMILES string of the molecule is Cn1cc(-c2ccccn2)c(OCc2ccc(-c3ccc4ccccc4n3)cc2)n1. The Bertz CT molecular complexity index is 1290. The molecule has 0 aliphatic rings. The van der Waals surface area contributed by atoms with Gasteiger partial charge in [-0.25, -0.2) is 4.98 Å². The Kier molecular flexibility index (Phi) is 4.69. The summed E-state index contributed by atoms with van der Waals surface area (Å²) in [5.74, 6) is 0.580. The number of fused-ring (bicyclic) bond motifs is 1. The topological polar surface area (TPSA) is 52.8 Å². The molecule has 0 atom stereocenters. The molecular weight excluding hydrogens is 372 g/mol. The van der Waals surface area contributed by atoms with Gasteiger partial charge < -0.3 is 4.74 Å². The molecule has 0 spiro atoms. The van der Waals surface area contributed by atoms with Crippen molar-refractivity contribution < 1.29 is 4.74 Å². The van der Waals surface area contributed by atoms with E-state index in [0.717, 1.165) is 39.0 Å². The second kappa shape index (κ2) is 7.79. The molecule has 0 bridgehead atoms. The summed E-state index contributed by atoms with van der Waals surface area (Å²) in [5.41, 5.74) is 5.84. The first-order valence-corrected chi connectivity index (χ1v) is 9.79. The highest BCUT2D eigenvalue weighted by atomic mass is 16.5. The molecule has 0 aliphatic heterocycles. The van der Waals surface area contributed by atoms with Crippen LogP contribution in [0.15, 0.2) is 91.3 Å². The number of ether oxygens (including phenoxy) is 1. The van der Waals surface area contributed by atoms with Gasteiger partial charge in [-0.05, 0) is 29.8 Å². The summed E-state index contributed by atoms with van der Waals surface area (Å²) in [5, 5.41) is 5.58. The lowest BCUT2D eigenvalue weighted by Gasteiger charge is -2.07. The molecule has 0 amide bonds. The zero-order chi connectivity index (χ0) is 20.3. The molecular formula is C25H20N4O. The third kappa shape index (κ3) is 3.65. The van der Waals surface area contributed by atoms with Crippen LogP contribution in [0.25, 0.3) is 33.4 Å². The summed E-state index contributed by atoms with van der Waals surface area (Å²) in [4.78, 5) is 9.17. The Hall–Kier alpha value is -3.99. The average Bonchev–Trinajstić information content (AvgIpc) is 3.19. The number of hydrogen-bond acceptors (Lipinski definition) is 4. The van der Waals surface area contributed by atoms with Crippen LogP contribution in [0.2, 0.25) is 0 Å². The van der Waals surface area contributed by atoms with Crippen molar-refractivity contribution in [3.8, 4) is 28.4 Å². The van der Waals surface area contributed by atoms with Gasteiger partial charge in [-0.3, -0.25) is 9.67 Å². The molecule has 0 radical (unpaired) electrons. The molecule has 5 heteroatoms. The van der Waals surface area contributed by atoms with Crippen LogP contribution < -0.4 is 4.74 Å². The van der Waals surface area contributed by atoms with Gasteiger partial charge >= 0.3 is 0 Å². The van der Waals surface area contributed by atoms with E-state index in [1.54, 1.807) is 10.9 Å². The monoisotopic (exact) mass is 392 g/mol. The molecule has 3 aromatic heterocycles. The first-order chi connectivity index (χ1) is 14.8. The highest BCUT2D eigenvalue weighted by Gasteiger charge is 2.12. The smallest absolute Gasteiger partial charge is 0.242 e. The number of rotatable bonds is 5. The lowest BCUT2D eigenvalue weighted by Crippen LogP contribution is -1.98. The van der Waals surface area contributed by atoms with Crippen molar-refractivity contribution in [1.82, 2.24) is 19.7 Å². The average molecular weight is 392 g/mol. The molecule has 3 heterocycles. The Morgan fingerprint density at radius 3 is 2.50 bits per heavy atom. The molecule has 0 saturated carbocycles. The van der Waals surface area contributed by atoms with E-state index in [9.17, 15) is 0 Å². The second-order valence-electron chi connectivity index (χ2n) is 7.11. The predicted octanol–water partition coefficient (Wildman–Crippen LogP) is 5.28. The molecule has 0 N–H and O–H groups in total. The van der Waals surface area contributed by atoms with Crippen LogP contribution >= 0.6 is 0 Å². The van der Waals surface area contributed by atoms with Crippen molar-refractivity contribution >= 4 is 10.9 Å². The number of pyridine rings is 2. The van der Waals surface area contributed by atoms with Crippen molar-refractivity contribution in [2.75, 3.05) is 0 Å². The summed E-state index contributed by atoms with van der Waals surface area (Å²) in [6, 6.07) is 26.4. The summed E-state index contributed by atoms with van der Waals surface area (Å²) in [6.07, 6.45) is 3.69. The zero-order valence-corrected chi connectivity index (χ0v) is 16.6. The Balaban J connectivity index is 1.33. The van der Waals surface area contributed by atoms with Gasteiger partial charge in [-0.2, -0.15) is 0 Å². The van der Waals surface area contributed by atoms with Crippen molar-refractivity contribution in [1.29, 1.82) is 0 Å². The molecule has 0 saturated heterocycles. The van der Waals surface area contributed by atoms with Crippen molar-refractivity contribution in [3.63, 3.8) is 0 Å². The largest absolute Gasteiger partial charge is 0.471 e. The van der Waals surface area contributed by atoms with Gasteiger partial charge in [0, 0.05) is 30.4 Å². The lowest BCUT2D eigenvalue weighted by molar-refractivity contribution is 0.292. The first kappa shape index (κ1) is 18.1. The molecule has 5 nitrogen and oxygen atoms in total. The van der Waals surface area contributed by atoms with Crippen LogP contribution in [0.4, 0.5) is 0 Å². The van der Waals surface area contributed by atoms with E-state index >= 15 is 0 Å². The fourth-order valence-corrected chi connectivity index (χ4v) is 3.42. The van der Waals surface area contributed by atoms with E-state index in [2.05, 4.69) is 52.5 Å². The minimum atomic E-state index is 0.433. The van der Waals surface area contributed by atoms with Crippen molar-refractivity contribution in [3.05, 3.63) is 96.8 Å². The molecule has 146 valence electrons. The first-order valence-electron chi connectivity index (χ1n) is 9.79. The normalized spacial score (nSPS) is 11.0. The van der Waals surface area contributed by atoms with E-state index in [4.69, 9.17) is 9.72 Å². The van der Waals surface area contributed by atoms with Crippen LogP contribution in [0.3, 0.4) is 0 Å². The van der Waals surface area contributed by atoms with Crippen LogP contribution in [0.5, 0.6) is 5.88 Å². The van der Waals surface area contributed by atoms with E-state index in [1.807, 2.05) is 49.6 Å². The molecule has 0 fully saturated rings. The number of para-hydroxylation sites is 1. The number of aryl methyl sites for hydroxylation is 1. The van der Waals surface area contributed by atoms with E-state index in [1.165, 1.54) is 0 Å². The minimum Gasteiger partial charge on any atom is -0.471 e. The highest BCUT2D eigenvalue weighted by molar-refractivity contribution is 5.81. The fraction of sp³-hybridized carbons (Fsp3) is 0.0800. The maximum atomic E-state index is 6.01. The Labute approximate surface area is 174 Å². The summed E-state index contributed by atoms with van der Waals surface area (Å²) < 4.78 is 7.76. The van der Waals surface area contributed by atoms with Crippen LogP contribution in [-0.4, -0.2) is 19.7 Å².